The Morgan fingerprint density at radius 3 is 2.75 bits per heavy atom. The van der Waals surface area contributed by atoms with Crippen molar-refractivity contribution in [3.63, 3.8) is 0 Å². The number of hydrogen-bond acceptors (Lipinski definition) is 2. The van der Waals surface area contributed by atoms with Gasteiger partial charge in [0.15, 0.2) is 0 Å². The van der Waals surface area contributed by atoms with Crippen LogP contribution in [-0.2, 0) is 0 Å². The SMILES string of the molecule is Cc1ccc(OCC2(CCN)CC2)c(Br)c1. The second-order valence-electron chi connectivity index (χ2n) is 4.76. The first kappa shape index (κ1) is 11.9. The van der Waals surface area contributed by atoms with Crippen molar-refractivity contribution >= 4 is 15.9 Å². The number of hydrogen-bond donors (Lipinski definition) is 1. The molecular formula is C13H18BrNO. The number of ether oxygens (including phenoxy) is 1. The third kappa shape index (κ3) is 2.77. The second kappa shape index (κ2) is 4.76. The zero-order valence-corrected chi connectivity index (χ0v) is 11.2. The van der Waals surface area contributed by atoms with Gasteiger partial charge in [0.25, 0.3) is 0 Å². The Labute approximate surface area is 105 Å². The lowest BCUT2D eigenvalue weighted by atomic mass is 10.0. The summed E-state index contributed by atoms with van der Waals surface area (Å²) < 4.78 is 6.91. The molecule has 0 amide bonds. The van der Waals surface area contributed by atoms with Gasteiger partial charge >= 0.3 is 0 Å². The fraction of sp³-hybridized carbons (Fsp3) is 0.538. The fourth-order valence-corrected chi connectivity index (χ4v) is 2.51. The van der Waals surface area contributed by atoms with Crippen molar-refractivity contribution < 1.29 is 4.74 Å². The van der Waals surface area contributed by atoms with Crippen molar-refractivity contribution in [3.8, 4) is 5.75 Å². The van der Waals surface area contributed by atoms with Crippen LogP contribution in [0.2, 0.25) is 0 Å². The molecule has 1 aliphatic carbocycles. The van der Waals surface area contributed by atoms with E-state index >= 15 is 0 Å². The van der Waals surface area contributed by atoms with Crippen LogP contribution in [-0.4, -0.2) is 13.2 Å². The molecule has 88 valence electrons. The molecule has 0 aromatic heterocycles. The lowest BCUT2D eigenvalue weighted by Gasteiger charge is -2.16. The largest absolute Gasteiger partial charge is 0.492 e. The van der Waals surface area contributed by atoms with Crippen LogP contribution in [0.1, 0.15) is 24.8 Å². The average Bonchev–Trinajstić information content (AvgIpc) is 2.98. The van der Waals surface area contributed by atoms with Crippen molar-refractivity contribution in [2.45, 2.75) is 26.2 Å². The van der Waals surface area contributed by atoms with E-state index in [1.165, 1.54) is 18.4 Å². The standard InChI is InChI=1S/C13H18BrNO/c1-10-2-3-12(11(14)8-10)16-9-13(4-5-13)6-7-15/h2-3,8H,4-7,9,15H2,1H3. The first-order valence-corrected chi connectivity index (χ1v) is 6.54. The molecule has 2 nitrogen and oxygen atoms in total. The molecule has 0 heterocycles. The highest BCUT2D eigenvalue weighted by Gasteiger charge is 2.42. The smallest absolute Gasteiger partial charge is 0.133 e. The predicted molar refractivity (Wildman–Crippen MR) is 69.7 cm³/mol. The van der Waals surface area contributed by atoms with Crippen molar-refractivity contribution in [3.05, 3.63) is 28.2 Å². The summed E-state index contributed by atoms with van der Waals surface area (Å²) in [5.74, 6) is 0.939. The lowest BCUT2D eigenvalue weighted by Crippen LogP contribution is -2.17. The van der Waals surface area contributed by atoms with Gasteiger partial charge in [-0.25, -0.2) is 0 Å². The van der Waals surface area contributed by atoms with E-state index in [0.717, 1.165) is 29.8 Å². The maximum Gasteiger partial charge on any atom is 0.133 e. The van der Waals surface area contributed by atoms with Gasteiger partial charge in [-0.2, -0.15) is 0 Å². The van der Waals surface area contributed by atoms with Crippen LogP contribution in [0.4, 0.5) is 0 Å². The van der Waals surface area contributed by atoms with Crippen molar-refractivity contribution in [2.75, 3.05) is 13.2 Å². The molecule has 0 radical (unpaired) electrons. The number of halogens is 1. The Kier molecular flexibility index (Phi) is 3.55. The number of aryl methyl sites for hydroxylation is 1. The molecule has 0 aliphatic heterocycles. The fourth-order valence-electron chi connectivity index (χ4n) is 1.90. The summed E-state index contributed by atoms with van der Waals surface area (Å²) in [6.45, 7) is 3.63. The predicted octanol–water partition coefficient (Wildman–Crippen LogP) is 3.27. The molecule has 2 N–H and O–H groups in total. The number of benzene rings is 1. The topological polar surface area (TPSA) is 35.2 Å². The third-order valence-electron chi connectivity index (χ3n) is 3.25. The Bertz CT molecular complexity index is 374. The van der Waals surface area contributed by atoms with Gasteiger partial charge < -0.3 is 10.5 Å². The molecule has 16 heavy (non-hydrogen) atoms. The van der Waals surface area contributed by atoms with Gasteiger partial charge in [0.2, 0.25) is 0 Å². The third-order valence-corrected chi connectivity index (χ3v) is 3.87. The Morgan fingerprint density at radius 1 is 1.44 bits per heavy atom. The van der Waals surface area contributed by atoms with E-state index < -0.39 is 0 Å². The minimum Gasteiger partial charge on any atom is -0.492 e. The Balaban J connectivity index is 1.94. The first-order valence-electron chi connectivity index (χ1n) is 5.74. The maximum atomic E-state index is 5.87. The molecule has 3 heteroatoms. The first-order chi connectivity index (χ1) is 7.65. The van der Waals surface area contributed by atoms with E-state index in [4.69, 9.17) is 10.5 Å². The minimum absolute atomic E-state index is 0.374. The van der Waals surface area contributed by atoms with Gasteiger partial charge in [0, 0.05) is 5.41 Å². The van der Waals surface area contributed by atoms with Crippen LogP contribution in [0.5, 0.6) is 5.75 Å². The van der Waals surface area contributed by atoms with Gasteiger partial charge in [-0.15, -0.1) is 0 Å². The summed E-state index contributed by atoms with van der Waals surface area (Å²) in [6.07, 6.45) is 3.60. The lowest BCUT2D eigenvalue weighted by molar-refractivity contribution is 0.225. The molecule has 0 unspecified atom stereocenters. The van der Waals surface area contributed by atoms with Crippen LogP contribution in [0.15, 0.2) is 22.7 Å². The average molecular weight is 284 g/mol. The summed E-state index contributed by atoms with van der Waals surface area (Å²) in [4.78, 5) is 0. The Hall–Kier alpha value is -0.540. The van der Waals surface area contributed by atoms with E-state index in [1.807, 2.05) is 6.07 Å². The summed E-state index contributed by atoms with van der Waals surface area (Å²) in [5, 5.41) is 0. The molecule has 1 aromatic rings. The van der Waals surface area contributed by atoms with Crippen LogP contribution >= 0.6 is 15.9 Å². The minimum atomic E-state index is 0.374. The van der Waals surface area contributed by atoms with E-state index in [1.54, 1.807) is 0 Å². The van der Waals surface area contributed by atoms with Crippen molar-refractivity contribution in [1.82, 2.24) is 0 Å². The number of nitrogens with two attached hydrogens (primary N) is 1. The summed E-state index contributed by atoms with van der Waals surface area (Å²) in [6, 6.07) is 6.18. The molecule has 1 aromatic carbocycles. The van der Waals surface area contributed by atoms with Crippen molar-refractivity contribution in [1.29, 1.82) is 0 Å². The van der Waals surface area contributed by atoms with Crippen molar-refractivity contribution in [2.24, 2.45) is 11.1 Å². The van der Waals surface area contributed by atoms with Gasteiger partial charge in [0.1, 0.15) is 5.75 Å². The molecule has 1 aliphatic rings. The van der Waals surface area contributed by atoms with Crippen LogP contribution in [0.3, 0.4) is 0 Å². The highest BCUT2D eigenvalue weighted by Crippen LogP contribution is 2.48. The van der Waals surface area contributed by atoms with Gasteiger partial charge in [-0.05, 0) is 66.4 Å². The summed E-state index contributed by atoms with van der Waals surface area (Å²) in [5.41, 5.74) is 7.22. The summed E-state index contributed by atoms with van der Waals surface area (Å²) >= 11 is 3.52. The van der Waals surface area contributed by atoms with Gasteiger partial charge in [-0.3, -0.25) is 0 Å². The highest BCUT2D eigenvalue weighted by molar-refractivity contribution is 9.10. The molecule has 1 saturated carbocycles. The molecule has 0 atom stereocenters. The van der Waals surface area contributed by atoms with Crippen LogP contribution in [0.25, 0.3) is 0 Å². The van der Waals surface area contributed by atoms with Crippen LogP contribution in [0, 0.1) is 12.3 Å². The maximum absolute atomic E-state index is 5.87. The molecular weight excluding hydrogens is 266 g/mol. The summed E-state index contributed by atoms with van der Waals surface area (Å²) in [7, 11) is 0. The zero-order chi connectivity index (χ0) is 11.6. The quantitative estimate of drug-likeness (QED) is 0.900. The van der Waals surface area contributed by atoms with E-state index in [2.05, 4.69) is 35.0 Å². The van der Waals surface area contributed by atoms with E-state index in [-0.39, 0.29) is 0 Å². The van der Waals surface area contributed by atoms with Crippen LogP contribution < -0.4 is 10.5 Å². The molecule has 0 bridgehead atoms. The molecule has 0 spiro atoms. The van der Waals surface area contributed by atoms with E-state index in [9.17, 15) is 0 Å². The molecule has 1 fully saturated rings. The Morgan fingerprint density at radius 2 is 2.19 bits per heavy atom. The molecule has 0 saturated heterocycles. The number of rotatable bonds is 5. The van der Waals surface area contributed by atoms with Gasteiger partial charge in [-0.1, -0.05) is 6.07 Å². The monoisotopic (exact) mass is 283 g/mol. The molecule has 2 rings (SSSR count). The zero-order valence-electron chi connectivity index (χ0n) is 9.63. The highest BCUT2D eigenvalue weighted by atomic mass is 79.9. The normalized spacial score (nSPS) is 17.2. The second-order valence-corrected chi connectivity index (χ2v) is 5.62. The van der Waals surface area contributed by atoms with E-state index in [0.29, 0.717) is 5.41 Å². The van der Waals surface area contributed by atoms with Gasteiger partial charge in [0.05, 0.1) is 11.1 Å².